The average Bonchev–Trinajstić information content (AvgIpc) is 2.79. The van der Waals surface area contributed by atoms with Crippen molar-refractivity contribution in [2.45, 2.75) is 31.6 Å². The Kier molecular flexibility index (Phi) is 7.40. The molecule has 0 amide bonds. The molecule has 0 radical (unpaired) electrons. The second-order valence-corrected chi connectivity index (χ2v) is 7.78. The van der Waals surface area contributed by atoms with E-state index in [0.717, 1.165) is 36.5 Å². The van der Waals surface area contributed by atoms with Crippen molar-refractivity contribution >= 4 is 30.0 Å². The predicted octanol–water partition coefficient (Wildman–Crippen LogP) is 4.58. The Morgan fingerprint density at radius 3 is 2.16 bits per heavy atom. The number of nitrogens with one attached hydrogen (secondary N) is 2. The van der Waals surface area contributed by atoms with Crippen LogP contribution in [0.25, 0.3) is 5.70 Å². The van der Waals surface area contributed by atoms with Gasteiger partial charge >= 0.3 is 12.1 Å². The number of hydrogen-bond donors (Lipinski definition) is 3. The number of methoxy groups -OCH3 is 1. The molecular weight excluding hydrogens is 439 g/mol. The molecule has 0 saturated carbocycles. The normalized spacial score (nSPS) is 18.8. The largest absolute Gasteiger partial charge is 0.466 e. The quantitative estimate of drug-likeness (QED) is 0.431. The van der Waals surface area contributed by atoms with Crippen molar-refractivity contribution in [1.29, 1.82) is 0 Å². The standard InChI is InChI=1S/C23H26F3N3O2S/c1-4-29(5-2)17-12-8-15(9-13-17)20-18(21(30)31-3)19(27-22(32)28-20)14-6-10-16(11-7-14)23(24,25)26/h6-13,20,22,27-28,32H,4-5H2,1-3H3. The first-order valence-corrected chi connectivity index (χ1v) is 10.8. The molecular formula is C23H26F3N3O2S. The van der Waals surface area contributed by atoms with Gasteiger partial charge in [-0.2, -0.15) is 13.2 Å². The number of carbonyl (C=O) groups is 1. The van der Waals surface area contributed by atoms with Crippen LogP contribution in [0, 0.1) is 0 Å². The highest BCUT2D eigenvalue weighted by Gasteiger charge is 2.35. The van der Waals surface area contributed by atoms with Crippen molar-refractivity contribution < 1.29 is 22.7 Å². The van der Waals surface area contributed by atoms with Crippen LogP contribution in [0.4, 0.5) is 18.9 Å². The highest BCUT2D eigenvalue weighted by Crippen LogP contribution is 2.35. The zero-order chi connectivity index (χ0) is 23.5. The number of nitrogens with zero attached hydrogens (tertiary/aromatic N) is 1. The lowest BCUT2D eigenvalue weighted by Gasteiger charge is -2.34. The van der Waals surface area contributed by atoms with E-state index >= 15 is 0 Å². The highest BCUT2D eigenvalue weighted by molar-refractivity contribution is 7.80. The molecule has 1 aliphatic heterocycles. The van der Waals surface area contributed by atoms with Crippen LogP contribution in [0.5, 0.6) is 0 Å². The summed E-state index contributed by atoms with van der Waals surface area (Å²) in [6.07, 6.45) is -4.44. The van der Waals surface area contributed by atoms with Gasteiger partial charge in [-0.15, -0.1) is 12.6 Å². The number of hydrogen-bond acceptors (Lipinski definition) is 6. The molecule has 2 unspecified atom stereocenters. The predicted molar refractivity (Wildman–Crippen MR) is 122 cm³/mol. The van der Waals surface area contributed by atoms with Gasteiger partial charge in [0.2, 0.25) is 0 Å². The molecule has 3 rings (SSSR count). The van der Waals surface area contributed by atoms with Gasteiger partial charge in [0.15, 0.2) is 0 Å². The van der Waals surface area contributed by atoms with Gasteiger partial charge in [-0.1, -0.05) is 24.3 Å². The molecule has 2 aromatic rings. The summed E-state index contributed by atoms with van der Waals surface area (Å²) in [5.74, 6) is -0.585. The number of anilines is 1. The minimum Gasteiger partial charge on any atom is -0.466 e. The van der Waals surface area contributed by atoms with Crippen LogP contribution in [0.15, 0.2) is 54.1 Å². The molecule has 2 N–H and O–H groups in total. The van der Waals surface area contributed by atoms with Crippen molar-refractivity contribution in [2.75, 3.05) is 25.1 Å². The number of benzene rings is 2. The summed E-state index contributed by atoms with van der Waals surface area (Å²) in [6.45, 7) is 5.88. The molecule has 2 aromatic carbocycles. The Hall–Kier alpha value is -2.65. The first kappa shape index (κ1) is 24.0. The van der Waals surface area contributed by atoms with E-state index in [1.165, 1.54) is 19.2 Å². The van der Waals surface area contributed by atoms with Crippen LogP contribution in [-0.2, 0) is 15.7 Å². The van der Waals surface area contributed by atoms with Gasteiger partial charge in [-0.05, 0) is 49.2 Å². The van der Waals surface area contributed by atoms with Crippen molar-refractivity contribution in [3.05, 3.63) is 70.8 Å². The van der Waals surface area contributed by atoms with E-state index < -0.39 is 29.2 Å². The van der Waals surface area contributed by atoms with E-state index in [0.29, 0.717) is 11.3 Å². The zero-order valence-electron chi connectivity index (χ0n) is 18.0. The maximum Gasteiger partial charge on any atom is 0.416 e. The highest BCUT2D eigenvalue weighted by atomic mass is 32.1. The Labute approximate surface area is 191 Å². The summed E-state index contributed by atoms with van der Waals surface area (Å²) in [7, 11) is 1.27. The number of thiol groups is 1. The van der Waals surface area contributed by atoms with Crippen LogP contribution in [-0.4, -0.2) is 31.7 Å². The summed E-state index contributed by atoms with van der Waals surface area (Å²) in [6, 6.07) is 11.9. The summed E-state index contributed by atoms with van der Waals surface area (Å²) in [4.78, 5) is 15.0. The number of ether oxygens (including phenoxy) is 1. The van der Waals surface area contributed by atoms with Gasteiger partial charge in [-0.25, -0.2) is 4.79 Å². The van der Waals surface area contributed by atoms with Crippen LogP contribution in [0.1, 0.15) is 36.6 Å². The molecule has 32 heavy (non-hydrogen) atoms. The van der Waals surface area contributed by atoms with Crippen molar-refractivity contribution in [3.63, 3.8) is 0 Å². The van der Waals surface area contributed by atoms with Gasteiger partial charge in [0.25, 0.3) is 0 Å². The average molecular weight is 466 g/mol. The van der Waals surface area contributed by atoms with Gasteiger partial charge in [0.1, 0.15) is 5.50 Å². The molecule has 0 bridgehead atoms. The molecule has 2 atom stereocenters. The second kappa shape index (κ2) is 9.87. The van der Waals surface area contributed by atoms with Crippen molar-refractivity contribution in [3.8, 4) is 0 Å². The van der Waals surface area contributed by atoms with Gasteiger partial charge in [0, 0.05) is 18.8 Å². The third-order valence-electron chi connectivity index (χ3n) is 5.42. The fourth-order valence-corrected chi connectivity index (χ4v) is 4.04. The lowest BCUT2D eigenvalue weighted by molar-refractivity contribution is -0.138. The van der Waals surface area contributed by atoms with Gasteiger partial charge < -0.3 is 15.0 Å². The first-order chi connectivity index (χ1) is 15.2. The zero-order valence-corrected chi connectivity index (χ0v) is 18.9. The Morgan fingerprint density at radius 1 is 1.06 bits per heavy atom. The number of rotatable bonds is 6. The lowest BCUT2D eigenvalue weighted by Crippen LogP contribution is -2.46. The molecule has 1 heterocycles. The summed E-state index contributed by atoms with van der Waals surface area (Å²) in [5.41, 5.74) is 1.65. The maximum atomic E-state index is 13.0. The third kappa shape index (κ3) is 5.05. The fourth-order valence-electron chi connectivity index (χ4n) is 3.77. The molecule has 172 valence electrons. The Bertz CT molecular complexity index is 971. The molecule has 9 heteroatoms. The number of alkyl halides is 3. The Balaban J connectivity index is 2.07. The second-order valence-electron chi connectivity index (χ2n) is 7.27. The molecule has 0 aliphatic carbocycles. The molecule has 0 aromatic heterocycles. The number of halogens is 3. The summed E-state index contributed by atoms with van der Waals surface area (Å²) in [5, 5.41) is 6.26. The van der Waals surface area contributed by atoms with Crippen molar-refractivity contribution in [1.82, 2.24) is 10.6 Å². The molecule has 0 spiro atoms. The lowest BCUT2D eigenvalue weighted by atomic mass is 9.92. The van der Waals surface area contributed by atoms with Crippen LogP contribution in [0.3, 0.4) is 0 Å². The van der Waals surface area contributed by atoms with E-state index in [1.54, 1.807) is 0 Å². The minimum atomic E-state index is -4.44. The molecule has 0 fully saturated rings. The monoisotopic (exact) mass is 465 g/mol. The van der Waals surface area contributed by atoms with E-state index in [4.69, 9.17) is 4.74 Å². The van der Waals surface area contributed by atoms with Gasteiger partial charge in [0.05, 0.1) is 30.0 Å². The summed E-state index contributed by atoms with van der Waals surface area (Å²) < 4.78 is 44.0. The van der Waals surface area contributed by atoms with Crippen LogP contribution in [0.2, 0.25) is 0 Å². The fraction of sp³-hybridized carbons (Fsp3) is 0.348. The van der Waals surface area contributed by atoms with E-state index in [9.17, 15) is 18.0 Å². The molecule has 1 aliphatic rings. The van der Waals surface area contributed by atoms with Crippen LogP contribution < -0.4 is 15.5 Å². The number of esters is 1. The van der Waals surface area contributed by atoms with E-state index in [-0.39, 0.29) is 5.57 Å². The van der Waals surface area contributed by atoms with E-state index in [2.05, 4.69) is 42.0 Å². The smallest absolute Gasteiger partial charge is 0.416 e. The SMILES string of the molecule is CCN(CC)c1ccc(C2NC(S)NC(c3ccc(C(F)(F)F)cc3)=C2C(=O)OC)cc1. The summed E-state index contributed by atoms with van der Waals surface area (Å²) >= 11 is 4.47. The third-order valence-corrected chi connectivity index (χ3v) is 5.70. The first-order valence-electron chi connectivity index (χ1n) is 10.2. The van der Waals surface area contributed by atoms with E-state index in [1.807, 2.05) is 24.3 Å². The number of carbonyl (C=O) groups excluding carboxylic acids is 1. The molecule has 0 saturated heterocycles. The minimum absolute atomic E-state index is 0.271. The topological polar surface area (TPSA) is 53.6 Å². The maximum absolute atomic E-state index is 13.0. The van der Waals surface area contributed by atoms with Crippen molar-refractivity contribution in [2.24, 2.45) is 0 Å². The Morgan fingerprint density at radius 2 is 1.66 bits per heavy atom. The molecule has 5 nitrogen and oxygen atoms in total. The van der Waals surface area contributed by atoms with Crippen LogP contribution >= 0.6 is 12.6 Å². The van der Waals surface area contributed by atoms with Gasteiger partial charge in [-0.3, -0.25) is 5.32 Å².